The highest BCUT2D eigenvalue weighted by molar-refractivity contribution is 5.78. The van der Waals surface area contributed by atoms with Gasteiger partial charge in [-0.2, -0.15) is 0 Å². The molecule has 0 saturated carbocycles. The summed E-state index contributed by atoms with van der Waals surface area (Å²) >= 11 is 0. The van der Waals surface area contributed by atoms with Crippen molar-refractivity contribution in [2.24, 2.45) is 11.7 Å². The molecular weight excluding hydrogens is 238 g/mol. The smallest absolute Gasteiger partial charge is 0.227 e. The average molecular weight is 261 g/mol. The minimum atomic E-state index is 0.164. The van der Waals surface area contributed by atoms with Crippen LogP contribution in [0, 0.1) is 12.8 Å². The summed E-state index contributed by atoms with van der Waals surface area (Å²) in [6.45, 7) is 5.64. The second kappa shape index (κ2) is 6.15. The van der Waals surface area contributed by atoms with Gasteiger partial charge in [-0.1, -0.05) is 6.07 Å². The van der Waals surface area contributed by atoms with E-state index < -0.39 is 0 Å². The second-order valence-electron chi connectivity index (χ2n) is 5.59. The molecule has 0 radical (unpaired) electrons. The lowest BCUT2D eigenvalue weighted by Crippen LogP contribution is -2.45. The van der Waals surface area contributed by atoms with Gasteiger partial charge in [-0.3, -0.25) is 9.78 Å². The van der Waals surface area contributed by atoms with Crippen LogP contribution < -0.4 is 5.73 Å². The first kappa shape index (κ1) is 14.0. The predicted molar refractivity (Wildman–Crippen MR) is 75.6 cm³/mol. The molecule has 0 bridgehead atoms. The molecule has 4 heteroatoms. The van der Waals surface area contributed by atoms with Crippen molar-refractivity contribution in [3.63, 3.8) is 0 Å². The van der Waals surface area contributed by atoms with Crippen LogP contribution in [-0.4, -0.2) is 34.9 Å². The first-order chi connectivity index (χ1) is 9.06. The van der Waals surface area contributed by atoms with Crippen molar-refractivity contribution in [2.75, 3.05) is 13.1 Å². The van der Waals surface area contributed by atoms with Gasteiger partial charge in [0.2, 0.25) is 5.91 Å². The van der Waals surface area contributed by atoms with Crippen LogP contribution in [-0.2, 0) is 11.2 Å². The number of amides is 1. The third kappa shape index (κ3) is 3.77. The normalized spacial score (nSPS) is 21.2. The molecule has 0 spiro atoms. The number of aromatic nitrogens is 1. The lowest BCUT2D eigenvalue weighted by atomic mass is 9.92. The van der Waals surface area contributed by atoms with E-state index in [1.807, 2.05) is 30.9 Å². The molecule has 19 heavy (non-hydrogen) atoms. The van der Waals surface area contributed by atoms with Crippen LogP contribution in [0.1, 0.15) is 31.0 Å². The third-order valence-corrected chi connectivity index (χ3v) is 3.88. The van der Waals surface area contributed by atoms with Gasteiger partial charge in [-0.15, -0.1) is 0 Å². The van der Waals surface area contributed by atoms with E-state index in [4.69, 9.17) is 5.73 Å². The molecular formula is C15H23N3O. The summed E-state index contributed by atoms with van der Waals surface area (Å²) in [7, 11) is 0. The molecule has 1 aromatic rings. The molecule has 2 N–H and O–H groups in total. The summed E-state index contributed by atoms with van der Waals surface area (Å²) in [6.07, 6.45) is 4.43. The van der Waals surface area contributed by atoms with Gasteiger partial charge in [0.25, 0.3) is 0 Å². The zero-order chi connectivity index (χ0) is 13.8. The Morgan fingerprint density at radius 3 is 3.00 bits per heavy atom. The Bertz CT molecular complexity index is 428. The average Bonchev–Trinajstić information content (AvgIpc) is 2.41. The topological polar surface area (TPSA) is 59.2 Å². The fourth-order valence-electron chi connectivity index (χ4n) is 2.56. The van der Waals surface area contributed by atoms with Crippen molar-refractivity contribution in [3.8, 4) is 0 Å². The van der Waals surface area contributed by atoms with Gasteiger partial charge in [0.15, 0.2) is 0 Å². The lowest BCUT2D eigenvalue weighted by molar-refractivity contribution is -0.132. The van der Waals surface area contributed by atoms with Gasteiger partial charge in [0.05, 0.1) is 6.42 Å². The molecule has 1 fully saturated rings. The molecule has 1 saturated heterocycles. The number of pyridine rings is 1. The largest absolute Gasteiger partial charge is 0.342 e. The number of aryl methyl sites for hydroxylation is 1. The maximum atomic E-state index is 12.3. The molecule has 104 valence electrons. The molecule has 2 heterocycles. The number of nitrogens with zero attached hydrogens (tertiary/aromatic N) is 2. The van der Waals surface area contributed by atoms with E-state index in [-0.39, 0.29) is 11.9 Å². The Morgan fingerprint density at radius 2 is 2.37 bits per heavy atom. The van der Waals surface area contributed by atoms with Gasteiger partial charge in [0.1, 0.15) is 0 Å². The number of hydrogen-bond donors (Lipinski definition) is 1. The Labute approximate surface area is 115 Å². The molecule has 2 atom stereocenters. The first-order valence-corrected chi connectivity index (χ1v) is 7.01. The quantitative estimate of drug-likeness (QED) is 0.897. The summed E-state index contributed by atoms with van der Waals surface area (Å²) in [5.41, 5.74) is 7.91. The van der Waals surface area contributed by atoms with Crippen molar-refractivity contribution in [1.82, 2.24) is 9.88 Å². The van der Waals surface area contributed by atoms with E-state index in [9.17, 15) is 4.79 Å². The van der Waals surface area contributed by atoms with E-state index in [2.05, 4.69) is 4.98 Å². The Kier molecular flexibility index (Phi) is 4.53. The summed E-state index contributed by atoms with van der Waals surface area (Å²) in [5.74, 6) is 0.629. The number of likely N-dealkylation sites (tertiary alicyclic amines) is 1. The van der Waals surface area contributed by atoms with Crippen LogP contribution in [0.4, 0.5) is 0 Å². The molecule has 0 unspecified atom stereocenters. The number of carbonyl (C=O) groups excluding carboxylic acids is 1. The summed E-state index contributed by atoms with van der Waals surface area (Å²) in [4.78, 5) is 18.5. The minimum absolute atomic E-state index is 0.164. The fourth-order valence-corrected chi connectivity index (χ4v) is 2.56. The maximum absolute atomic E-state index is 12.3. The minimum Gasteiger partial charge on any atom is -0.342 e. The van der Waals surface area contributed by atoms with Crippen LogP contribution in [0.3, 0.4) is 0 Å². The van der Waals surface area contributed by atoms with Gasteiger partial charge < -0.3 is 10.6 Å². The summed E-state index contributed by atoms with van der Waals surface area (Å²) < 4.78 is 0. The Balaban J connectivity index is 1.94. The van der Waals surface area contributed by atoms with E-state index in [1.165, 1.54) is 0 Å². The molecule has 0 aliphatic carbocycles. The zero-order valence-corrected chi connectivity index (χ0v) is 11.8. The van der Waals surface area contributed by atoms with Crippen LogP contribution in [0.5, 0.6) is 0 Å². The van der Waals surface area contributed by atoms with Crippen LogP contribution in [0.2, 0.25) is 0 Å². The van der Waals surface area contributed by atoms with Crippen molar-refractivity contribution in [2.45, 2.75) is 39.2 Å². The number of hydrogen-bond acceptors (Lipinski definition) is 3. The van der Waals surface area contributed by atoms with Gasteiger partial charge in [-0.05, 0) is 44.2 Å². The summed E-state index contributed by atoms with van der Waals surface area (Å²) in [6, 6.07) is 4.09. The number of piperidine rings is 1. The molecule has 0 aromatic carbocycles. The van der Waals surface area contributed by atoms with Crippen molar-refractivity contribution in [3.05, 3.63) is 29.6 Å². The van der Waals surface area contributed by atoms with Crippen molar-refractivity contribution >= 4 is 5.91 Å². The third-order valence-electron chi connectivity index (χ3n) is 3.88. The SMILES string of the molecule is Cc1ccc(CC(=O)N2CCC[C@H]([C@H](C)N)C2)cn1. The van der Waals surface area contributed by atoms with E-state index in [1.54, 1.807) is 6.20 Å². The Hall–Kier alpha value is -1.42. The number of rotatable bonds is 3. The second-order valence-corrected chi connectivity index (χ2v) is 5.59. The van der Waals surface area contributed by atoms with Crippen molar-refractivity contribution < 1.29 is 4.79 Å². The maximum Gasteiger partial charge on any atom is 0.227 e. The lowest BCUT2D eigenvalue weighted by Gasteiger charge is -2.34. The number of carbonyl (C=O) groups is 1. The van der Waals surface area contributed by atoms with Crippen molar-refractivity contribution in [1.29, 1.82) is 0 Å². The van der Waals surface area contributed by atoms with Gasteiger partial charge >= 0.3 is 0 Å². The highest BCUT2D eigenvalue weighted by atomic mass is 16.2. The fraction of sp³-hybridized carbons (Fsp3) is 0.600. The molecule has 1 aliphatic heterocycles. The zero-order valence-electron chi connectivity index (χ0n) is 11.8. The highest BCUT2D eigenvalue weighted by Crippen LogP contribution is 2.19. The van der Waals surface area contributed by atoms with Crippen LogP contribution in [0.25, 0.3) is 0 Å². The summed E-state index contributed by atoms with van der Waals surface area (Å²) in [5, 5.41) is 0. The Morgan fingerprint density at radius 1 is 1.58 bits per heavy atom. The standard InChI is InChI=1S/C15H23N3O/c1-11-5-6-13(9-17-11)8-15(19)18-7-3-4-14(10-18)12(2)16/h5-6,9,12,14H,3-4,7-8,10,16H2,1-2H3/t12-,14-/m0/s1. The van der Waals surface area contributed by atoms with E-state index in [0.29, 0.717) is 12.3 Å². The number of nitrogens with two attached hydrogens (primary N) is 1. The van der Waals surface area contributed by atoms with Gasteiger partial charge in [0, 0.05) is 31.0 Å². The highest BCUT2D eigenvalue weighted by Gasteiger charge is 2.25. The van der Waals surface area contributed by atoms with Crippen LogP contribution >= 0.6 is 0 Å². The van der Waals surface area contributed by atoms with Crippen LogP contribution in [0.15, 0.2) is 18.3 Å². The van der Waals surface area contributed by atoms with E-state index in [0.717, 1.165) is 37.2 Å². The molecule has 1 aliphatic rings. The first-order valence-electron chi connectivity index (χ1n) is 7.01. The van der Waals surface area contributed by atoms with Gasteiger partial charge in [-0.25, -0.2) is 0 Å². The molecule has 1 amide bonds. The predicted octanol–water partition coefficient (Wildman–Crippen LogP) is 1.52. The molecule has 1 aromatic heterocycles. The van der Waals surface area contributed by atoms with E-state index >= 15 is 0 Å². The monoisotopic (exact) mass is 261 g/mol. The molecule has 2 rings (SSSR count). The molecule has 4 nitrogen and oxygen atoms in total.